The molecule has 0 aliphatic carbocycles. The second kappa shape index (κ2) is 8.42. The molecule has 0 radical (unpaired) electrons. The molecule has 24 heavy (non-hydrogen) atoms. The van der Waals surface area contributed by atoms with Crippen molar-refractivity contribution in [1.29, 1.82) is 0 Å². The summed E-state index contributed by atoms with van der Waals surface area (Å²) in [5, 5.41) is 11.9. The number of carboxylic acid groups (broad SMARTS) is 1. The number of unbranched alkanes of at least 4 members (excludes halogenated alkanes) is 1. The zero-order valence-corrected chi connectivity index (χ0v) is 13.8. The van der Waals surface area contributed by atoms with Crippen LogP contribution in [0.5, 0.6) is 0 Å². The van der Waals surface area contributed by atoms with E-state index in [1.54, 1.807) is 4.90 Å². The number of likely N-dealkylation sites (tertiary alicyclic amines) is 1. The summed E-state index contributed by atoms with van der Waals surface area (Å²) in [5.41, 5.74) is 0.126. The summed E-state index contributed by atoms with van der Waals surface area (Å²) in [7, 11) is 0. The van der Waals surface area contributed by atoms with E-state index in [-0.39, 0.29) is 29.0 Å². The van der Waals surface area contributed by atoms with E-state index in [1.165, 1.54) is 18.3 Å². The number of carbonyl (C=O) groups excluding carboxylic acids is 2. The topological polar surface area (TPSA) is 99.6 Å². The van der Waals surface area contributed by atoms with E-state index < -0.39 is 5.97 Å². The fourth-order valence-electron chi connectivity index (χ4n) is 2.77. The summed E-state index contributed by atoms with van der Waals surface area (Å²) in [4.78, 5) is 41.1. The molecule has 2 amide bonds. The molecule has 0 saturated carbocycles. The average Bonchev–Trinajstić information content (AvgIpc) is 2.61. The molecule has 0 aromatic carbocycles. The van der Waals surface area contributed by atoms with Crippen molar-refractivity contribution in [2.24, 2.45) is 5.92 Å². The van der Waals surface area contributed by atoms with Gasteiger partial charge in [-0.1, -0.05) is 13.3 Å². The van der Waals surface area contributed by atoms with Gasteiger partial charge in [-0.2, -0.15) is 0 Å². The molecule has 2 N–H and O–H groups in total. The number of aromatic carboxylic acids is 1. The van der Waals surface area contributed by atoms with Crippen LogP contribution in [-0.2, 0) is 4.79 Å². The van der Waals surface area contributed by atoms with E-state index in [1.807, 2.05) is 0 Å². The maximum Gasteiger partial charge on any atom is 0.354 e. The Morgan fingerprint density at radius 2 is 2.21 bits per heavy atom. The molecule has 0 bridgehead atoms. The van der Waals surface area contributed by atoms with Crippen molar-refractivity contribution in [2.75, 3.05) is 19.6 Å². The number of nitrogens with one attached hydrogen (secondary N) is 1. The normalized spacial score (nSPS) is 17.4. The Hall–Kier alpha value is -2.44. The zero-order chi connectivity index (χ0) is 17.5. The quantitative estimate of drug-likeness (QED) is 0.769. The Balaban J connectivity index is 2.01. The molecule has 1 aliphatic rings. The van der Waals surface area contributed by atoms with E-state index in [2.05, 4.69) is 17.2 Å². The highest BCUT2D eigenvalue weighted by molar-refractivity contribution is 5.97. The van der Waals surface area contributed by atoms with Crippen LogP contribution in [0.1, 0.15) is 53.5 Å². The zero-order valence-electron chi connectivity index (χ0n) is 13.8. The van der Waals surface area contributed by atoms with Crippen LogP contribution in [0.4, 0.5) is 0 Å². The minimum Gasteiger partial charge on any atom is -0.477 e. The molecule has 7 heteroatoms. The van der Waals surface area contributed by atoms with Crippen molar-refractivity contribution < 1.29 is 19.5 Å². The summed E-state index contributed by atoms with van der Waals surface area (Å²) < 4.78 is 0. The summed E-state index contributed by atoms with van der Waals surface area (Å²) in [6.07, 6.45) is 4.79. The van der Waals surface area contributed by atoms with Crippen LogP contribution in [0.15, 0.2) is 18.3 Å². The van der Waals surface area contributed by atoms with E-state index in [4.69, 9.17) is 5.11 Å². The fraction of sp³-hybridized carbons (Fsp3) is 0.529. The van der Waals surface area contributed by atoms with E-state index in [0.29, 0.717) is 19.6 Å². The van der Waals surface area contributed by atoms with E-state index in [0.717, 1.165) is 25.7 Å². The summed E-state index contributed by atoms with van der Waals surface area (Å²) in [6, 6.07) is 2.77. The molecule has 1 saturated heterocycles. The molecule has 0 spiro atoms. The van der Waals surface area contributed by atoms with Gasteiger partial charge >= 0.3 is 5.97 Å². The van der Waals surface area contributed by atoms with Crippen molar-refractivity contribution >= 4 is 17.8 Å². The number of piperidine rings is 1. The Labute approximate surface area is 141 Å². The van der Waals surface area contributed by atoms with Gasteiger partial charge in [0.25, 0.3) is 5.91 Å². The number of rotatable bonds is 6. The second-order valence-corrected chi connectivity index (χ2v) is 5.97. The van der Waals surface area contributed by atoms with Gasteiger partial charge in [0, 0.05) is 31.4 Å². The first-order chi connectivity index (χ1) is 11.5. The predicted molar refractivity (Wildman–Crippen MR) is 87.7 cm³/mol. The molecule has 130 valence electrons. The molecule has 1 aromatic rings. The third kappa shape index (κ3) is 4.53. The molecule has 1 atom stereocenters. The van der Waals surface area contributed by atoms with Crippen LogP contribution in [0.25, 0.3) is 0 Å². The molecule has 1 unspecified atom stereocenters. The molecular formula is C17H23N3O4. The van der Waals surface area contributed by atoms with Gasteiger partial charge in [0.05, 0.1) is 5.92 Å². The number of hydrogen-bond donors (Lipinski definition) is 2. The Bertz CT molecular complexity index is 618. The number of carbonyl (C=O) groups is 3. The highest BCUT2D eigenvalue weighted by Crippen LogP contribution is 2.19. The molecule has 7 nitrogen and oxygen atoms in total. The van der Waals surface area contributed by atoms with Gasteiger partial charge in [0.2, 0.25) is 5.91 Å². The van der Waals surface area contributed by atoms with Gasteiger partial charge in [0.15, 0.2) is 0 Å². The van der Waals surface area contributed by atoms with Crippen LogP contribution in [0, 0.1) is 5.92 Å². The summed E-state index contributed by atoms with van der Waals surface area (Å²) in [6.45, 7) is 3.66. The fourth-order valence-corrected chi connectivity index (χ4v) is 2.77. The van der Waals surface area contributed by atoms with Gasteiger partial charge in [-0.3, -0.25) is 9.59 Å². The first-order valence-electron chi connectivity index (χ1n) is 8.29. The van der Waals surface area contributed by atoms with Gasteiger partial charge in [-0.25, -0.2) is 9.78 Å². The number of hydrogen-bond acceptors (Lipinski definition) is 4. The number of pyridine rings is 1. The minimum absolute atomic E-state index is 0.0121. The summed E-state index contributed by atoms with van der Waals surface area (Å²) in [5.74, 6) is -1.65. The molecular weight excluding hydrogens is 310 g/mol. The lowest BCUT2D eigenvalue weighted by Crippen LogP contribution is -2.45. The van der Waals surface area contributed by atoms with Crippen molar-refractivity contribution in [1.82, 2.24) is 15.2 Å². The van der Waals surface area contributed by atoms with Crippen LogP contribution in [0.2, 0.25) is 0 Å². The van der Waals surface area contributed by atoms with Crippen LogP contribution >= 0.6 is 0 Å². The lowest BCUT2D eigenvalue weighted by atomic mass is 9.96. The number of amides is 2. The van der Waals surface area contributed by atoms with Crippen LogP contribution in [-0.4, -0.2) is 52.4 Å². The first-order valence-corrected chi connectivity index (χ1v) is 8.29. The third-order valence-electron chi connectivity index (χ3n) is 4.13. The lowest BCUT2D eigenvalue weighted by Gasteiger charge is -2.32. The van der Waals surface area contributed by atoms with E-state index >= 15 is 0 Å². The highest BCUT2D eigenvalue weighted by Gasteiger charge is 2.29. The largest absolute Gasteiger partial charge is 0.477 e. The molecule has 1 aliphatic heterocycles. The smallest absolute Gasteiger partial charge is 0.354 e. The van der Waals surface area contributed by atoms with Crippen molar-refractivity contribution in [3.8, 4) is 0 Å². The number of aromatic nitrogens is 1. The maximum absolute atomic E-state index is 12.6. The Morgan fingerprint density at radius 3 is 2.92 bits per heavy atom. The van der Waals surface area contributed by atoms with Crippen molar-refractivity contribution in [2.45, 2.75) is 32.6 Å². The van der Waals surface area contributed by atoms with Crippen LogP contribution < -0.4 is 5.32 Å². The summed E-state index contributed by atoms with van der Waals surface area (Å²) >= 11 is 0. The molecule has 2 heterocycles. The Kier molecular flexibility index (Phi) is 6.28. The van der Waals surface area contributed by atoms with Crippen LogP contribution in [0.3, 0.4) is 0 Å². The van der Waals surface area contributed by atoms with Gasteiger partial charge in [0.1, 0.15) is 5.69 Å². The monoisotopic (exact) mass is 333 g/mol. The third-order valence-corrected chi connectivity index (χ3v) is 4.13. The minimum atomic E-state index is -1.17. The SMILES string of the molecule is CCCCNC(=O)C1CCCN(C(=O)c2ccnc(C(=O)O)c2)C1. The van der Waals surface area contributed by atoms with Crippen molar-refractivity contribution in [3.63, 3.8) is 0 Å². The van der Waals surface area contributed by atoms with Gasteiger partial charge in [-0.05, 0) is 31.4 Å². The highest BCUT2D eigenvalue weighted by atomic mass is 16.4. The first kappa shape index (κ1) is 17.9. The maximum atomic E-state index is 12.6. The molecule has 1 aromatic heterocycles. The predicted octanol–water partition coefficient (Wildman–Crippen LogP) is 1.55. The Morgan fingerprint density at radius 1 is 1.42 bits per heavy atom. The molecule has 2 rings (SSSR count). The van der Waals surface area contributed by atoms with Gasteiger partial charge < -0.3 is 15.3 Å². The van der Waals surface area contributed by atoms with E-state index in [9.17, 15) is 14.4 Å². The number of carboxylic acids is 1. The lowest BCUT2D eigenvalue weighted by molar-refractivity contribution is -0.126. The average molecular weight is 333 g/mol. The number of nitrogens with zero attached hydrogens (tertiary/aromatic N) is 2. The van der Waals surface area contributed by atoms with Crippen molar-refractivity contribution in [3.05, 3.63) is 29.6 Å². The van der Waals surface area contributed by atoms with Gasteiger partial charge in [-0.15, -0.1) is 0 Å². The second-order valence-electron chi connectivity index (χ2n) is 5.97. The standard InChI is InChI=1S/C17H23N3O4/c1-2-3-7-19-15(21)13-5-4-9-20(11-13)16(22)12-6-8-18-14(10-12)17(23)24/h6,8,10,13H,2-5,7,9,11H2,1H3,(H,19,21)(H,23,24). The molecule has 1 fully saturated rings.